The third-order valence-corrected chi connectivity index (χ3v) is 7.26. The number of carbonyl (C=O) groups is 1. The maximum absolute atomic E-state index is 12.8. The van der Waals surface area contributed by atoms with Gasteiger partial charge in [-0.05, 0) is 43.4 Å². The summed E-state index contributed by atoms with van der Waals surface area (Å²) in [5, 5.41) is 0. The fraction of sp³-hybridized carbons (Fsp3) is 0.650. The van der Waals surface area contributed by atoms with Gasteiger partial charge in [0.05, 0.1) is 24.1 Å². The Balaban J connectivity index is 1.18. The summed E-state index contributed by atoms with van der Waals surface area (Å²) in [4.78, 5) is 14.8. The first-order valence-corrected chi connectivity index (χ1v) is 10.6. The summed E-state index contributed by atoms with van der Waals surface area (Å²) in [5.74, 6) is 3.40. The Hall–Kier alpha value is -1.40. The maximum atomic E-state index is 12.8. The van der Waals surface area contributed by atoms with Gasteiger partial charge in [0.2, 0.25) is 0 Å². The number of ether oxygens (including phenoxy) is 3. The molecule has 3 fully saturated rings. The predicted molar refractivity (Wildman–Crippen MR) is 100 cm³/mol. The summed E-state index contributed by atoms with van der Waals surface area (Å²) in [5.41, 5.74) is 0.689. The Morgan fingerprint density at radius 3 is 2.85 bits per heavy atom. The molecule has 0 aromatic heterocycles. The van der Waals surface area contributed by atoms with E-state index < -0.39 is 0 Å². The normalized spacial score (nSPS) is 26.5. The number of amides is 1. The molecular formula is C20H25NO4S. The molecule has 1 saturated carbocycles. The van der Waals surface area contributed by atoms with E-state index in [1.165, 1.54) is 12.8 Å². The summed E-state index contributed by atoms with van der Waals surface area (Å²) < 4.78 is 17.6. The van der Waals surface area contributed by atoms with E-state index in [9.17, 15) is 4.79 Å². The van der Waals surface area contributed by atoms with Gasteiger partial charge in [-0.3, -0.25) is 4.79 Å². The van der Waals surface area contributed by atoms with Crippen molar-refractivity contribution in [1.29, 1.82) is 0 Å². The molecule has 1 spiro atoms. The number of benzene rings is 1. The molecule has 2 saturated heterocycles. The van der Waals surface area contributed by atoms with E-state index in [0.717, 1.165) is 50.0 Å². The van der Waals surface area contributed by atoms with Gasteiger partial charge in [-0.15, -0.1) is 11.8 Å². The van der Waals surface area contributed by atoms with Gasteiger partial charge in [-0.2, -0.15) is 0 Å². The van der Waals surface area contributed by atoms with Crippen molar-refractivity contribution in [2.75, 3.05) is 38.7 Å². The Kier molecular flexibility index (Phi) is 4.28. The van der Waals surface area contributed by atoms with E-state index in [0.29, 0.717) is 30.6 Å². The molecule has 1 unspecified atom stereocenters. The third kappa shape index (κ3) is 3.29. The highest BCUT2D eigenvalue weighted by Crippen LogP contribution is 2.47. The minimum Gasteiger partial charge on any atom is -0.490 e. The molecule has 1 atom stereocenters. The first kappa shape index (κ1) is 16.8. The summed E-state index contributed by atoms with van der Waals surface area (Å²) in [6.07, 6.45) is 4.99. The van der Waals surface area contributed by atoms with Crippen LogP contribution >= 0.6 is 11.8 Å². The number of likely N-dealkylation sites (tertiary alicyclic amines) is 1. The van der Waals surface area contributed by atoms with Crippen LogP contribution < -0.4 is 9.47 Å². The van der Waals surface area contributed by atoms with Crippen LogP contribution in [0.2, 0.25) is 0 Å². The van der Waals surface area contributed by atoms with Crippen LogP contribution in [-0.2, 0) is 4.74 Å². The lowest BCUT2D eigenvalue weighted by atomic mass is 9.92. The molecule has 140 valence electrons. The zero-order chi connectivity index (χ0) is 17.6. The summed E-state index contributed by atoms with van der Waals surface area (Å²) in [7, 11) is 0. The Bertz CT molecular complexity index is 699. The van der Waals surface area contributed by atoms with Crippen molar-refractivity contribution in [2.24, 2.45) is 5.92 Å². The number of hydrogen-bond acceptors (Lipinski definition) is 5. The first-order valence-electron chi connectivity index (χ1n) is 9.65. The van der Waals surface area contributed by atoms with E-state index in [1.807, 2.05) is 34.9 Å². The molecule has 1 aromatic rings. The summed E-state index contributed by atoms with van der Waals surface area (Å²) in [6, 6.07) is 5.54. The third-order valence-electron chi connectivity index (χ3n) is 5.68. The largest absolute Gasteiger partial charge is 0.490 e. The maximum Gasteiger partial charge on any atom is 0.254 e. The topological polar surface area (TPSA) is 48.0 Å². The molecule has 0 radical (unpaired) electrons. The van der Waals surface area contributed by atoms with Crippen LogP contribution in [0.1, 0.15) is 36.0 Å². The fourth-order valence-corrected chi connectivity index (χ4v) is 5.51. The average molecular weight is 375 g/mol. The van der Waals surface area contributed by atoms with Gasteiger partial charge in [-0.25, -0.2) is 0 Å². The Labute approximate surface area is 158 Å². The minimum atomic E-state index is 0.0919. The van der Waals surface area contributed by atoms with Crippen LogP contribution in [0.15, 0.2) is 18.2 Å². The van der Waals surface area contributed by atoms with E-state index in [4.69, 9.17) is 14.2 Å². The van der Waals surface area contributed by atoms with E-state index in [-0.39, 0.29) is 10.7 Å². The standard InChI is InChI=1S/C20H25NO4S/c22-19(15-4-5-17-18(8-15)24-7-1-6-23-17)21-12-20(13-21)9-16(11-26-20)25-10-14-2-3-14/h4-5,8,14,16H,1-3,6-7,9-13H2. The molecule has 0 N–H and O–H groups in total. The van der Waals surface area contributed by atoms with E-state index in [1.54, 1.807) is 0 Å². The summed E-state index contributed by atoms with van der Waals surface area (Å²) >= 11 is 1.99. The molecule has 1 aliphatic carbocycles. The smallest absolute Gasteiger partial charge is 0.254 e. The molecule has 6 heteroatoms. The van der Waals surface area contributed by atoms with Crippen molar-refractivity contribution in [3.63, 3.8) is 0 Å². The molecule has 5 rings (SSSR count). The number of fused-ring (bicyclic) bond motifs is 1. The van der Waals surface area contributed by atoms with Gasteiger partial charge in [0.25, 0.3) is 5.91 Å². The molecule has 3 aliphatic heterocycles. The highest BCUT2D eigenvalue weighted by Gasteiger charge is 2.51. The second-order valence-electron chi connectivity index (χ2n) is 7.97. The minimum absolute atomic E-state index is 0.0919. The van der Waals surface area contributed by atoms with Crippen molar-refractivity contribution in [3.05, 3.63) is 23.8 Å². The Morgan fingerprint density at radius 1 is 1.23 bits per heavy atom. The number of hydrogen-bond donors (Lipinski definition) is 0. The molecule has 1 amide bonds. The lowest BCUT2D eigenvalue weighted by molar-refractivity contribution is 0.0287. The first-order chi connectivity index (χ1) is 12.7. The Morgan fingerprint density at radius 2 is 2.04 bits per heavy atom. The van der Waals surface area contributed by atoms with Gasteiger partial charge >= 0.3 is 0 Å². The van der Waals surface area contributed by atoms with Crippen molar-refractivity contribution in [2.45, 2.75) is 36.5 Å². The second kappa shape index (κ2) is 6.64. The highest BCUT2D eigenvalue weighted by molar-refractivity contribution is 8.01. The van der Waals surface area contributed by atoms with Crippen molar-refractivity contribution in [3.8, 4) is 11.5 Å². The van der Waals surface area contributed by atoms with Crippen molar-refractivity contribution in [1.82, 2.24) is 4.90 Å². The zero-order valence-electron chi connectivity index (χ0n) is 14.9. The van der Waals surface area contributed by atoms with Gasteiger partial charge in [0, 0.05) is 37.4 Å². The van der Waals surface area contributed by atoms with Crippen LogP contribution in [0, 0.1) is 5.92 Å². The van der Waals surface area contributed by atoms with Crippen LogP contribution in [0.25, 0.3) is 0 Å². The summed E-state index contributed by atoms with van der Waals surface area (Å²) in [6.45, 7) is 3.89. The number of carbonyl (C=O) groups excluding carboxylic acids is 1. The molecule has 4 aliphatic rings. The second-order valence-corrected chi connectivity index (χ2v) is 9.46. The molecule has 0 bridgehead atoms. The van der Waals surface area contributed by atoms with E-state index >= 15 is 0 Å². The van der Waals surface area contributed by atoms with Crippen molar-refractivity contribution >= 4 is 17.7 Å². The molecule has 1 aromatic carbocycles. The van der Waals surface area contributed by atoms with Gasteiger partial charge < -0.3 is 19.1 Å². The van der Waals surface area contributed by atoms with Crippen LogP contribution in [0.4, 0.5) is 0 Å². The molecular weight excluding hydrogens is 350 g/mol. The number of rotatable bonds is 4. The fourth-order valence-electron chi connectivity index (χ4n) is 3.96. The lowest BCUT2D eigenvalue weighted by Crippen LogP contribution is -2.60. The SMILES string of the molecule is O=C(c1ccc2c(c1)OCCCO2)N1CC2(CC(OCC3CC3)CS2)C1. The van der Waals surface area contributed by atoms with Crippen LogP contribution in [-0.4, -0.2) is 60.3 Å². The zero-order valence-corrected chi connectivity index (χ0v) is 15.8. The number of nitrogens with zero attached hydrogens (tertiary/aromatic N) is 1. The van der Waals surface area contributed by atoms with Crippen LogP contribution in [0.3, 0.4) is 0 Å². The lowest BCUT2D eigenvalue weighted by Gasteiger charge is -2.47. The molecule has 3 heterocycles. The number of thioether (sulfide) groups is 1. The average Bonchev–Trinajstić information content (AvgIpc) is 3.40. The van der Waals surface area contributed by atoms with Gasteiger partial charge in [0.1, 0.15) is 0 Å². The highest BCUT2D eigenvalue weighted by atomic mass is 32.2. The quantitative estimate of drug-likeness (QED) is 0.810. The van der Waals surface area contributed by atoms with Gasteiger partial charge in [-0.1, -0.05) is 0 Å². The molecule has 26 heavy (non-hydrogen) atoms. The molecule has 5 nitrogen and oxygen atoms in total. The monoisotopic (exact) mass is 375 g/mol. The van der Waals surface area contributed by atoms with Crippen LogP contribution in [0.5, 0.6) is 11.5 Å². The van der Waals surface area contributed by atoms with Crippen molar-refractivity contribution < 1.29 is 19.0 Å². The predicted octanol–water partition coefficient (Wildman–Crippen LogP) is 2.97. The van der Waals surface area contributed by atoms with E-state index in [2.05, 4.69) is 0 Å². The van der Waals surface area contributed by atoms with Gasteiger partial charge in [0.15, 0.2) is 11.5 Å².